The molecule has 0 aliphatic heterocycles. The second-order valence-corrected chi connectivity index (χ2v) is 38.7. The molecule has 112 heavy (non-hydrogen) atoms. The highest BCUT2D eigenvalue weighted by Crippen LogP contribution is 2.42. The van der Waals surface area contributed by atoms with Crippen LogP contribution in [0.1, 0.15) is 386 Å². The molecule has 1 saturated carbocycles. The Balaban J connectivity index is 0. The Morgan fingerprint density at radius 3 is 0.768 bits per heavy atom. The van der Waals surface area contributed by atoms with E-state index in [1.807, 2.05) is 0 Å². The Hall–Kier alpha value is -5.02. The van der Waals surface area contributed by atoms with Crippen molar-refractivity contribution in [3.8, 4) is 0 Å². The summed E-state index contributed by atoms with van der Waals surface area (Å²) in [6, 6.07) is 37.8. The summed E-state index contributed by atoms with van der Waals surface area (Å²) in [5.74, 6) is 2.24. The van der Waals surface area contributed by atoms with E-state index in [4.69, 9.17) is 0 Å². The van der Waals surface area contributed by atoms with Gasteiger partial charge in [0, 0.05) is 114 Å². The van der Waals surface area contributed by atoms with E-state index in [9.17, 15) is 0 Å². The molecular formula is C104H190N8. The summed E-state index contributed by atoms with van der Waals surface area (Å²) in [6.07, 6.45) is 19.1. The Morgan fingerprint density at radius 1 is 0.295 bits per heavy atom. The molecule has 5 aromatic rings. The van der Waals surface area contributed by atoms with Gasteiger partial charge < -0.3 is 34.3 Å². The molecule has 0 heterocycles. The second kappa shape index (κ2) is 49.9. The molecule has 0 bridgehead atoms. The Morgan fingerprint density at radius 2 is 0.545 bits per heavy atom. The van der Waals surface area contributed by atoms with E-state index in [2.05, 4.69) is 462 Å². The molecule has 8 heteroatoms. The van der Waals surface area contributed by atoms with Crippen LogP contribution in [0.15, 0.2) is 103 Å². The summed E-state index contributed by atoms with van der Waals surface area (Å²) < 4.78 is 0. The van der Waals surface area contributed by atoms with Gasteiger partial charge in [-0.2, -0.15) is 0 Å². The van der Waals surface area contributed by atoms with Gasteiger partial charge in [-0.1, -0.05) is 235 Å². The predicted octanol–water partition coefficient (Wildman–Crippen LogP) is 30.0. The molecular weight excluding hydrogens is 1360 g/mol. The lowest BCUT2D eigenvalue weighted by atomic mass is 9.82. The molecule has 0 radical (unpaired) electrons. The van der Waals surface area contributed by atoms with Gasteiger partial charge in [0.15, 0.2) is 0 Å². The zero-order valence-corrected chi connectivity index (χ0v) is 83.4. The van der Waals surface area contributed by atoms with Crippen molar-refractivity contribution in [3.63, 3.8) is 0 Å². The summed E-state index contributed by atoms with van der Waals surface area (Å²) in [5.41, 5.74) is 20.7. The van der Waals surface area contributed by atoms with Crippen molar-refractivity contribution in [2.24, 2.45) is 0 Å². The van der Waals surface area contributed by atoms with E-state index in [1.165, 1.54) is 169 Å². The van der Waals surface area contributed by atoms with E-state index in [0.29, 0.717) is 46.3 Å². The SMILES string of the molecule is CC(C)c1cccc(C(C)C)c1N(C)C(C)(C)C.CCC(C)(CC)N(C)C.CCC(C)(CC)N(C)C(C)C.CCC(C)(CC)N(C)c1c(C(C)C)cccc1C(C)C.CCC(C)(CC)N(C)c1c(C)cccc1C.CCC(C)(CC)N(C)c1ccccc1.CN(C)C1(C)CCCCC1.Cc1cccc(C)c1N(C)C(C)(C)C. The minimum Gasteiger partial charge on any atom is -0.369 e. The second-order valence-electron chi connectivity index (χ2n) is 38.7. The molecule has 0 N–H and O–H groups in total. The first-order chi connectivity index (χ1) is 51.6. The molecule has 0 unspecified atom stereocenters. The van der Waals surface area contributed by atoms with E-state index in [0.717, 1.165) is 0 Å². The zero-order valence-electron chi connectivity index (χ0n) is 83.4. The molecule has 8 nitrogen and oxygen atoms in total. The van der Waals surface area contributed by atoms with Gasteiger partial charge in [0.2, 0.25) is 0 Å². The van der Waals surface area contributed by atoms with Crippen molar-refractivity contribution in [3.05, 3.63) is 148 Å². The number of para-hydroxylation sites is 5. The summed E-state index contributed by atoms with van der Waals surface area (Å²) in [5, 5.41) is 0. The first-order valence-electron chi connectivity index (χ1n) is 44.8. The molecule has 6 rings (SSSR count). The zero-order chi connectivity index (χ0) is 87.6. The largest absolute Gasteiger partial charge is 0.369 e. The van der Waals surface area contributed by atoms with Gasteiger partial charge in [-0.25, -0.2) is 0 Å². The average Bonchev–Trinajstić information content (AvgIpc) is 0.795. The van der Waals surface area contributed by atoms with Crippen LogP contribution in [0.5, 0.6) is 0 Å². The number of anilines is 5. The van der Waals surface area contributed by atoms with Crippen LogP contribution in [0.2, 0.25) is 0 Å². The highest BCUT2D eigenvalue weighted by Gasteiger charge is 2.33. The lowest BCUT2D eigenvalue weighted by Gasteiger charge is -2.42. The van der Waals surface area contributed by atoms with Gasteiger partial charge >= 0.3 is 0 Å². The highest BCUT2D eigenvalue weighted by atomic mass is 15.2. The van der Waals surface area contributed by atoms with Gasteiger partial charge in [0.1, 0.15) is 0 Å². The summed E-state index contributed by atoms with van der Waals surface area (Å²) in [4.78, 5) is 19.3. The number of hydrogen-bond acceptors (Lipinski definition) is 8. The fourth-order valence-electron chi connectivity index (χ4n) is 14.8. The highest BCUT2D eigenvalue weighted by molar-refractivity contribution is 5.65. The minimum absolute atomic E-state index is 0.147. The number of hydrogen-bond donors (Lipinski definition) is 0. The van der Waals surface area contributed by atoms with Gasteiger partial charge in [-0.05, 0) is 317 Å². The first-order valence-corrected chi connectivity index (χ1v) is 44.8. The van der Waals surface area contributed by atoms with Crippen LogP contribution >= 0.6 is 0 Å². The van der Waals surface area contributed by atoms with Gasteiger partial charge in [-0.3, -0.25) is 4.90 Å². The van der Waals surface area contributed by atoms with Crippen molar-refractivity contribution >= 4 is 28.4 Å². The van der Waals surface area contributed by atoms with Crippen LogP contribution in [0, 0.1) is 27.7 Å². The third kappa shape index (κ3) is 32.5. The quantitative estimate of drug-likeness (QED) is 0.0540. The van der Waals surface area contributed by atoms with Crippen molar-refractivity contribution in [1.82, 2.24) is 14.7 Å². The maximum absolute atomic E-state index is 2.54. The predicted molar refractivity (Wildman–Crippen MR) is 516 cm³/mol. The molecule has 646 valence electrons. The van der Waals surface area contributed by atoms with E-state index < -0.39 is 0 Å². The van der Waals surface area contributed by atoms with Crippen LogP contribution < -0.4 is 24.5 Å². The maximum atomic E-state index is 2.54. The molecule has 0 atom stereocenters. The number of nitrogens with zero attached hydrogens (tertiary/aromatic N) is 8. The molecule has 0 aromatic heterocycles. The van der Waals surface area contributed by atoms with Gasteiger partial charge in [-0.15, -0.1) is 0 Å². The summed E-state index contributed by atoms with van der Waals surface area (Å²) in [7, 11) is 22.0. The van der Waals surface area contributed by atoms with Crippen LogP contribution in [0.25, 0.3) is 0 Å². The lowest BCUT2D eigenvalue weighted by Crippen LogP contribution is -2.46. The monoisotopic (exact) mass is 1550 g/mol. The van der Waals surface area contributed by atoms with Crippen molar-refractivity contribution in [1.29, 1.82) is 0 Å². The third-order valence-electron chi connectivity index (χ3n) is 27.8. The van der Waals surface area contributed by atoms with Crippen molar-refractivity contribution in [2.45, 2.75) is 420 Å². The molecule has 5 aromatic carbocycles. The number of benzene rings is 5. The van der Waals surface area contributed by atoms with Crippen LogP contribution in [0.4, 0.5) is 28.4 Å². The average molecular weight is 1550 g/mol. The van der Waals surface area contributed by atoms with Crippen molar-refractivity contribution in [2.75, 3.05) is 95.0 Å². The topological polar surface area (TPSA) is 25.9 Å². The molecule has 1 aliphatic carbocycles. The van der Waals surface area contributed by atoms with E-state index >= 15 is 0 Å². The van der Waals surface area contributed by atoms with Crippen LogP contribution in [-0.2, 0) is 0 Å². The lowest BCUT2D eigenvalue weighted by molar-refractivity contribution is 0.0935. The molecule has 0 amide bonds. The third-order valence-corrected chi connectivity index (χ3v) is 27.8. The summed E-state index contributed by atoms with van der Waals surface area (Å²) >= 11 is 0. The Labute approximate surface area is 701 Å². The van der Waals surface area contributed by atoms with E-state index in [-0.39, 0.29) is 27.7 Å². The summed E-state index contributed by atoms with van der Waals surface area (Å²) in [6.45, 7) is 81.8. The minimum atomic E-state index is 0.147. The van der Waals surface area contributed by atoms with E-state index in [1.54, 1.807) is 0 Å². The number of aryl methyl sites for hydroxylation is 4. The van der Waals surface area contributed by atoms with Gasteiger partial charge in [0.05, 0.1) is 0 Å². The number of rotatable bonds is 26. The maximum Gasteiger partial charge on any atom is 0.0438 e. The molecule has 0 spiro atoms. The first kappa shape index (κ1) is 109. The molecule has 1 fully saturated rings. The van der Waals surface area contributed by atoms with Crippen LogP contribution in [0.3, 0.4) is 0 Å². The fraction of sp³-hybridized carbons (Fsp3) is 0.712. The Kier molecular flexibility index (Phi) is 48.6. The van der Waals surface area contributed by atoms with Crippen LogP contribution in [-0.4, -0.2) is 136 Å². The molecule has 0 saturated heterocycles. The fourth-order valence-corrected chi connectivity index (χ4v) is 14.8. The smallest absolute Gasteiger partial charge is 0.0438 e. The normalized spacial score (nSPS) is 13.3. The Bertz CT molecular complexity index is 3200. The van der Waals surface area contributed by atoms with Gasteiger partial charge in [0.25, 0.3) is 0 Å². The van der Waals surface area contributed by atoms with Crippen molar-refractivity contribution < 1.29 is 0 Å². The standard InChI is InChI=1S/C19H33N.C17H29N.C15H25N.2C13H21N.C10H23N.C9H19N.C8H19N/c1-9-19(7,10-2)20(8)18-16(14(3)4)12-11-13-17(18)15(5)6;1-12(2)14-10-9-11-15(13(3)4)16(14)18(8)17(5,6)7;1-7-15(5,8-2)16(6)14-12(3)10-9-11-13(14)4;1-10-8-7-9-11(2)12(10)14(6)13(3,4)5;1-5-13(3,6-2)14(4)12-10-8-7-9-11-12;1-7-10(5,8-2)11(6)9(3)4;1-9(10(2)3)7-5-4-6-8-9;1-6-8(3,7-2)9(4)5/h11-15H,9-10H2,1-8H3;9-13H,1-8H3;9-11H,7-8H2,1-6H3;7-9H,1-6H3;7-11H,5-6H2,1-4H3;9H,7-8H2,1-6H3;4-8H2,1-3H3;6-7H2,1-5H3. The molecule has 1 aliphatic rings.